The summed E-state index contributed by atoms with van der Waals surface area (Å²) in [5.74, 6) is -0.269. The lowest BCUT2D eigenvalue weighted by molar-refractivity contribution is -0.119. The highest BCUT2D eigenvalue weighted by Gasteiger charge is 2.39. The van der Waals surface area contributed by atoms with Crippen LogP contribution in [-0.2, 0) is 14.8 Å². The van der Waals surface area contributed by atoms with E-state index in [2.05, 4.69) is 6.08 Å². The van der Waals surface area contributed by atoms with Crippen LogP contribution in [0.15, 0.2) is 23.8 Å². The largest absolute Gasteiger partial charge is 0.392 e. The van der Waals surface area contributed by atoms with Crippen molar-refractivity contribution >= 4 is 27.5 Å². The average molecular weight is 478 g/mol. The summed E-state index contributed by atoms with van der Waals surface area (Å²) in [7, 11) is -3.49. The van der Waals surface area contributed by atoms with E-state index in [1.165, 1.54) is 5.57 Å². The van der Waals surface area contributed by atoms with Crippen molar-refractivity contribution in [3.63, 3.8) is 0 Å². The van der Waals surface area contributed by atoms with Crippen LogP contribution in [0.5, 0.6) is 0 Å². The van der Waals surface area contributed by atoms with Crippen molar-refractivity contribution < 1.29 is 23.4 Å². The van der Waals surface area contributed by atoms with Gasteiger partial charge in [-0.1, -0.05) is 50.0 Å². The molecule has 3 N–H and O–H groups in total. The van der Waals surface area contributed by atoms with Gasteiger partial charge in [0.2, 0.25) is 15.9 Å². The number of rotatable bonds is 13. The van der Waals surface area contributed by atoms with Gasteiger partial charge in [0.15, 0.2) is 0 Å². The number of unbranched alkanes of at least 4 members (excludes halogenated alkanes) is 3. The van der Waals surface area contributed by atoms with E-state index in [9.17, 15) is 23.4 Å². The van der Waals surface area contributed by atoms with Gasteiger partial charge in [-0.3, -0.25) is 9.52 Å². The molecule has 1 fully saturated rings. The molecule has 0 aromatic heterocycles. The maximum atomic E-state index is 11.5. The minimum atomic E-state index is -3.49. The average Bonchev–Trinajstić information content (AvgIpc) is 2.91. The number of hydrogen-bond donors (Lipinski definition) is 3. The fourth-order valence-corrected chi connectivity index (χ4v) is 5.00. The van der Waals surface area contributed by atoms with Crippen LogP contribution < -0.4 is 4.72 Å². The first-order valence-electron chi connectivity index (χ1n) is 11.2. The van der Waals surface area contributed by atoms with Crippen molar-refractivity contribution in [2.24, 2.45) is 17.8 Å². The monoisotopic (exact) mass is 477 g/mol. The summed E-state index contributed by atoms with van der Waals surface area (Å²) < 4.78 is 24.0. The number of carbonyl (C=O) groups excluding carboxylic acids is 1. The van der Waals surface area contributed by atoms with E-state index in [0.717, 1.165) is 38.4 Å². The van der Waals surface area contributed by atoms with Crippen LogP contribution in [0.1, 0.15) is 72.1 Å². The second kappa shape index (κ2) is 13.6. The number of aliphatic hydroxyl groups is 2. The topological polar surface area (TPSA) is 104 Å². The Morgan fingerprint density at radius 2 is 1.87 bits per heavy atom. The van der Waals surface area contributed by atoms with E-state index in [-0.39, 0.29) is 29.6 Å². The Labute approximate surface area is 193 Å². The fourth-order valence-electron chi connectivity index (χ4n) is 4.00. The molecule has 0 aromatic carbocycles. The summed E-state index contributed by atoms with van der Waals surface area (Å²) in [6.45, 7) is 6.09. The molecule has 1 aliphatic rings. The predicted octanol–water partition coefficient (Wildman–Crippen LogP) is 3.92. The van der Waals surface area contributed by atoms with Gasteiger partial charge < -0.3 is 10.2 Å². The lowest BCUT2D eigenvalue weighted by atomic mass is 9.88. The molecule has 0 aliphatic heterocycles. The first-order valence-corrected chi connectivity index (χ1v) is 13.6. The van der Waals surface area contributed by atoms with Crippen LogP contribution in [0, 0.1) is 17.8 Å². The number of aliphatic hydroxyl groups excluding tert-OH is 2. The minimum Gasteiger partial charge on any atom is -0.392 e. The zero-order valence-corrected chi connectivity index (χ0v) is 20.8. The molecular formula is C23H40ClNO5S. The van der Waals surface area contributed by atoms with E-state index in [4.69, 9.17) is 11.6 Å². The van der Waals surface area contributed by atoms with Crippen LogP contribution in [0.3, 0.4) is 0 Å². The van der Waals surface area contributed by atoms with Crippen molar-refractivity contribution in [1.82, 2.24) is 4.72 Å². The zero-order valence-electron chi connectivity index (χ0n) is 19.3. The van der Waals surface area contributed by atoms with Crippen LogP contribution in [0.25, 0.3) is 0 Å². The molecule has 0 heterocycles. The number of alkyl halides is 1. The minimum absolute atomic E-state index is 0.0617. The molecule has 0 spiro atoms. The lowest BCUT2D eigenvalue weighted by Gasteiger charge is -2.21. The van der Waals surface area contributed by atoms with Crippen LogP contribution in [0.2, 0.25) is 0 Å². The molecule has 1 unspecified atom stereocenters. The Morgan fingerprint density at radius 3 is 2.48 bits per heavy atom. The third-order valence-corrected chi connectivity index (χ3v) is 6.97. The second-order valence-electron chi connectivity index (χ2n) is 9.18. The van der Waals surface area contributed by atoms with E-state index in [0.29, 0.717) is 12.8 Å². The third-order valence-electron chi connectivity index (χ3n) is 5.87. The number of amides is 1. The summed E-state index contributed by atoms with van der Waals surface area (Å²) in [6, 6.07) is 0. The number of allylic oxidation sites excluding steroid dienone is 2. The molecular weight excluding hydrogens is 438 g/mol. The molecule has 0 aromatic rings. The number of nitrogens with one attached hydrogen (secondary N) is 1. The molecule has 1 aliphatic carbocycles. The molecule has 0 bridgehead atoms. The van der Waals surface area contributed by atoms with E-state index >= 15 is 0 Å². The van der Waals surface area contributed by atoms with Gasteiger partial charge in [-0.05, 0) is 51.4 Å². The predicted molar refractivity (Wildman–Crippen MR) is 126 cm³/mol. The van der Waals surface area contributed by atoms with Crippen molar-refractivity contribution in [3.05, 3.63) is 23.8 Å². The van der Waals surface area contributed by atoms with Crippen LogP contribution in [0.4, 0.5) is 0 Å². The van der Waals surface area contributed by atoms with Gasteiger partial charge in [0, 0.05) is 17.7 Å². The Kier molecular flexibility index (Phi) is 12.4. The molecule has 1 amide bonds. The Bertz CT molecular complexity index is 717. The van der Waals surface area contributed by atoms with Crippen LogP contribution >= 0.6 is 11.6 Å². The first kappa shape index (κ1) is 28.1. The van der Waals surface area contributed by atoms with Gasteiger partial charge in [-0.25, -0.2) is 8.42 Å². The highest BCUT2D eigenvalue weighted by molar-refractivity contribution is 7.89. The molecule has 0 radical (unpaired) electrons. The number of hydrogen-bond acceptors (Lipinski definition) is 5. The lowest BCUT2D eigenvalue weighted by Crippen LogP contribution is -2.28. The molecule has 1 saturated carbocycles. The Morgan fingerprint density at radius 1 is 1.23 bits per heavy atom. The Hall–Kier alpha value is -0.890. The first-order chi connectivity index (χ1) is 14.4. The van der Waals surface area contributed by atoms with E-state index < -0.39 is 28.1 Å². The van der Waals surface area contributed by atoms with Gasteiger partial charge in [0.05, 0.1) is 18.5 Å². The molecule has 8 heteroatoms. The molecule has 180 valence electrons. The number of carbonyl (C=O) groups is 1. The van der Waals surface area contributed by atoms with Gasteiger partial charge >= 0.3 is 0 Å². The molecule has 6 nitrogen and oxygen atoms in total. The Balaban J connectivity index is 2.44. The van der Waals surface area contributed by atoms with Crippen LogP contribution in [-0.4, -0.2) is 48.4 Å². The SMILES string of the molecule is CC(C)=CCC(C)[C@H](O)C=C[C@@H]1[C@@H](CCCCCCC(=O)NS(C)(=O)=O)[C@H](Cl)C[C@H]1O. The number of halogens is 1. The van der Waals surface area contributed by atoms with Crippen molar-refractivity contribution in [3.8, 4) is 0 Å². The molecule has 31 heavy (non-hydrogen) atoms. The summed E-state index contributed by atoms with van der Waals surface area (Å²) in [4.78, 5) is 11.5. The normalized spacial score (nSPS) is 26.0. The fraction of sp³-hybridized carbons (Fsp3) is 0.783. The molecule has 1 rings (SSSR count). The summed E-state index contributed by atoms with van der Waals surface area (Å²) >= 11 is 6.50. The standard InChI is InChI=1S/C23H40ClNO5S/c1-16(2)11-12-17(3)21(26)14-13-19-18(20(24)15-22(19)27)9-7-5-6-8-10-23(28)25-31(4,29)30/h11,13-14,17-22,26-27H,5-10,12,15H2,1-4H3,(H,25,28)/t17?,18-,19-,20-,21-,22-/m1/s1. The summed E-state index contributed by atoms with van der Waals surface area (Å²) in [5.41, 5.74) is 1.23. The highest BCUT2D eigenvalue weighted by atomic mass is 35.5. The maximum Gasteiger partial charge on any atom is 0.233 e. The second-order valence-corrected chi connectivity index (χ2v) is 11.5. The van der Waals surface area contributed by atoms with Crippen molar-refractivity contribution in [2.45, 2.75) is 89.7 Å². The van der Waals surface area contributed by atoms with Gasteiger partial charge in [-0.15, -0.1) is 11.6 Å². The molecule has 0 saturated heterocycles. The summed E-state index contributed by atoms with van der Waals surface area (Å²) in [6.07, 6.45) is 11.5. The van der Waals surface area contributed by atoms with Gasteiger partial charge in [0.1, 0.15) is 0 Å². The van der Waals surface area contributed by atoms with Crippen molar-refractivity contribution in [2.75, 3.05) is 6.26 Å². The smallest absolute Gasteiger partial charge is 0.233 e. The quantitative estimate of drug-likeness (QED) is 0.212. The van der Waals surface area contributed by atoms with Crippen molar-refractivity contribution in [1.29, 1.82) is 0 Å². The van der Waals surface area contributed by atoms with Gasteiger partial charge in [0.25, 0.3) is 0 Å². The number of sulfonamides is 1. The third kappa shape index (κ3) is 11.5. The zero-order chi connectivity index (χ0) is 23.6. The molecule has 6 atom stereocenters. The van der Waals surface area contributed by atoms with E-state index in [1.807, 2.05) is 31.6 Å². The highest BCUT2D eigenvalue weighted by Crippen LogP contribution is 2.40. The van der Waals surface area contributed by atoms with E-state index in [1.54, 1.807) is 6.08 Å². The summed E-state index contributed by atoms with van der Waals surface area (Å²) in [5, 5.41) is 20.8. The maximum absolute atomic E-state index is 11.5. The van der Waals surface area contributed by atoms with Gasteiger partial charge in [-0.2, -0.15) is 0 Å².